The molecule has 1 saturated heterocycles. The molecule has 0 atom stereocenters. The lowest BCUT2D eigenvalue weighted by Crippen LogP contribution is -2.31. The zero-order valence-corrected chi connectivity index (χ0v) is 11.0. The van der Waals surface area contributed by atoms with Gasteiger partial charge in [-0.3, -0.25) is 4.79 Å². The van der Waals surface area contributed by atoms with Crippen molar-refractivity contribution in [3.63, 3.8) is 0 Å². The summed E-state index contributed by atoms with van der Waals surface area (Å²) in [4.78, 5) is 13.3. The number of hydrogen-bond acceptors (Lipinski definition) is 2. The summed E-state index contributed by atoms with van der Waals surface area (Å²) in [6.45, 7) is 3.30. The van der Waals surface area contributed by atoms with Crippen LogP contribution < -0.4 is 5.32 Å². The molecule has 1 fully saturated rings. The molecule has 0 aliphatic carbocycles. The first-order valence-corrected chi connectivity index (χ1v) is 6.48. The molecule has 0 unspecified atom stereocenters. The van der Waals surface area contributed by atoms with Crippen LogP contribution >= 0.6 is 0 Å². The summed E-state index contributed by atoms with van der Waals surface area (Å²) in [5.74, 6) is -3.05. The lowest BCUT2D eigenvalue weighted by Gasteiger charge is -2.16. The molecule has 104 valence electrons. The van der Waals surface area contributed by atoms with E-state index in [0.717, 1.165) is 18.7 Å². The van der Waals surface area contributed by atoms with Gasteiger partial charge in [0.15, 0.2) is 0 Å². The van der Waals surface area contributed by atoms with E-state index in [0.29, 0.717) is 5.56 Å². The van der Waals surface area contributed by atoms with Crippen LogP contribution in [0.15, 0.2) is 24.3 Å². The molecule has 1 N–H and O–H groups in total. The highest BCUT2D eigenvalue weighted by Crippen LogP contribution is 2.27. The van der Waals surface area contributed by atoms with Gasteiger partial charge >= 0.3 is 0 Å². The zero-order chi connectivity index (χ0) is 13.9. The van der Waals surface area contributed by atoms with Crippen LogP contribution in [0.3, 0.4) is 0 Å². The van der Waals surface area contributed by atoms with Gasteiger partial charge in [0, 0.05) is 25.1 Å². The fourth-order valence-electron chi connectivity index (χ4n) is 2.13. The fraction of sp³-hybridized carbons (Fsp3) is 0.500. The molecule has 1 aromatic rings. The molecule has 0 radical (unpaired) electrons. The van der Waals surface area contributed by atoms with Crippen LogP contribution in [-0.2, 0) is 6.54 Å². The minimum atomic E-state index is -2.74. The van der Waals surface area contributed by atoms with E-state index >= 15 is 0 Å². The number of likely N-dealkylation sites (tertiary alicyclic amines) is 1. The third kappa shape index (κ3) is 3.50. The maximum Gasteiger partial charge on any atom is 0.267 e. The SMILES string of the molecule is CCNCc1ccc(C(=O)N2CCC(F)(F)C2)cc1. The summed E-state index contributed by atoms with van der Waals surface area (Å²) < 4.78 is 26.1. The number of nitrogens with one attached hydrogen (secondary N) is 1. The van der Waals surface area contributed by atoms with Crippen LogP contribution in [0.25, 0.3) is 0 Å². The van der Waals surface area contributed by atoms with Crippen LogP contribution in [0, 0.1) is 0 Å². The quantitative estimate of drug-likeness (QED) is 0.908. The number of nitrogens with zero attached hydrogens (tertiary/aromatic N) is 1. The molecule has 2 rings (SSSR count). The van der Waals surface area contributed by atoms with Crippen molar-refractivity contribution in [3.8, 4) is 0 Å². The Morgan fingerprint density at radius 1 is 1.37 bits per heavy atom. The van der Waals surface area contributed by atoms with Crippen molar-refractivity contribution < 1.29 is 13.6 Å². The molecule has 1 amide bonds. The summed E-state index contributed by atoms with van der Waals surface area (Å²) in [6, 6.07) is 7.10. The van der Waals surface area contributed by atoms with Gasteiger partial charge in [-0.05, 0) is 24.2 Å². The van der Waals surface area contributed by atoms with Crippen LogP contribution in [0.4, 0.5) is 8.78 Å². The van der Waals surface area contributed by atoms with Gasteiger partial charge in [0.2, 0.25) is 0 Å². The third-order valence-electron chi connectivity index (χ3n) is 3.24. The second-order valence-corrected chi connectivity index (χ2v) is 4.81. The normalized spacial score (nSPS) is 17.7. The van der Waals surface area contributed by atoms with Crippen LogP contribution in [0.1, 0.15) is 29.3 Å². The first kappa shape index (κ1) is 13.9. The molecular formula is C14H18F2N2O. The maximum atomic E-state index is 13.1. The van der Waals surface area contributed by atoms with Gasteiger partial charge in [0.1, 0.15) is 0 Å². The van der Waals surface area contributed by atoms with E-state index in [1.807, 2.05) is 19.1 Å². The summed E-state index contributed by atoms with van der Waals surface area (Å²) in [5.41, 5.74) is 1.54. The van der Waals surface area contributed by atoms with Gasteiger partial charge in [-0.25, -0.2) is 8.78 Å². The highest BCUT2D eigenvalue weighted by Gasteiger charge is 2.40. The Kier molecular flexibility index (Phi) is 4.14. The Bertz CT molecular complexity index is 445. The number of carbonyl (C=O) groups excluding carboxylic acids is 1. The van der Waals surface area contributed by atoms with E-state index in [9.17, 15) is 13.6 Å². The van der Waals surface area contributed by atoms with Crippen LogP contribution in [0.2, 0.25) is 0 Å². The van der Waals surface area contributed by atoms with Crippen molar-refractivity contribution in [2.45, 2.75) is 25.8 Å². The van der Waals surface area contributed by atoms with E-state index in [1.165, 1.54) is 4.90 Å². The molecular weight excluding hydrogens is 250 g/mol. The average molecular weight is 268 g/mol. The lowest BCUT2D eigenvalue weighted by atomic mass is 10.1. The lowest BCUT2D eigenvalue weighted by molar-refractivity contribution is 0.0120. The topological polar surface area (TPSA) is 32.3 Å². The molecule has 1 aliphatic rings. The molecule has 1 aliphatic heterocycles. The van der Waals surface area contributed by atoms with E-state index in [-0.39, 0.29) is 18.9 Å². The van der Waals surface area contributed by atoms with Crippen molar-refractivity contribution in [1.29, 1.82) is 0 Å². The highest BCUT2D eigenvalue weighted by atomic mass is 19.3. The molecule has 3 nitrogen and oxygen atoms in total. The van der Waals surface area contributed by atoms with E-state index < -0.39 is 12.5 Å². The largest absolute Gasteiger partial charge is 0.332 e. The predicted octanol–water partition coefficient (Wildman–Crippen LogP) is 2.28. The number of alkyl halides is 2. The van der Waals surface area contributed by atoms with Gasteiger partial charge in [0.25, 0.3) is 11.8 Å². The predicted molar refractivity (Wildman–Crippen MR) is 69.3 cm³/mol. The van der Waals surface area contributed by atoms with Crippen molar-refractivity contribution in [2.24, 2.45) is 0 Å². The average Bonchev–Trinajstić information content (AvgIpc) is 2.76. The van der Waals surface area contributed by atoms with Crippen molar-refractivity contribution in [3.05, 3.63) is 35.4 Å². The van der Waals surface area contributed by atoms with Gasteiger partial charge in [-0.2, -0.15) is 0 Å². The molecule has 0 saturated carbocycles. The van der Waals surface area contributed by atoms with Crippen molar-refractivity contribution in [1.82, 2.24) is 10.2 Å². The Hall–Kier alpha value is -1.49. The Morgan fingerprint density at radius 3 is 2.58 bits per heavy atom. The molecule has 0 bridgehead atoms. The number of amides is 1. The van der Waals surface area contributed by atoms with Crippen molar-refractivity contribution in [2.75, 3.05) is 19.6 Å². The van der Waals surface area contributed by atoms with Gasteiger partial charge in [-0.1, -0.05) is 19.1 Å². The van der Waals surface area contributed by atoms with E-state index in [1.54, 1.807) is 12.1 Å². The molecule has 1 aromatic carbocycles. The smallest absolute Gasteiger partial charge is 0.267 e. The Labute approximate surface area is 111 Å². The molecule has 19 heavy (non-hydrogen) atoms. The van der Waals surface area contributed by atoms with Crippen molar-refractivity contribution >= 4 is 5.91 Å². The van der Waals surface area contributed by atoms with E-state index in [2.05, 4.69) is 5.32 Å². The summed E-state index contributed by atoms with van der Waals surface area (Å²) in [6.07, 6.45) is -0.239. The van der Waals surface area contributed by atoms with Gasteiger partial charge < -0.3 is 10.2 Å². The first-order chi connectivity index (χ1) is 9.02. The molecule has 0 aromatic heterocycles. The number of carbonyl (C=O) groups is 1. The minimum absolute atomic E-state index is 0.130. The summed E-state index contributed by atoms with van der Waals surface area (Å²) >= 11 is 0. The van der Waals surface area contributed by atoms with Gasteiger partial charge in [0.05, 0.1) is 6.54 Å². The molecule has 5 heteroatoms. The second kappa shape index (κ2) is 5.65. The summed E-state index contributed by atoms with van der Waals surface area (Å²) in [7, 11) is 0. The second-order valence-electron chi connectivity index (χ2n) is 4.81. The molecule has 0 spiro atoms. The van der Waals surface area contributed by atoms with E-state index in [4.69, 9.17) is 0 Å². The standard InChI is InChI=1S/C14H18F2N2O/c1-2-17-9-11-3-5-12(6-4-11)13(19)18-8-7-14(15,16)10-18/h3-6,17H,2,7-10H2,1H3. The summed E-state index contributed by atoms with van der Waals surface area (Å²) in [5, 5.41) is 3.18. The van der Waals surface area contributed by atoms with Gasteiger partial charge in [-0.15, -0.1) is 0 Å². The third-order valence-corrected chi connectivity index (χ3v) is 3.24. The Balaban J connectivity index is 2.00. The Morgan fingerprint density at radius 2 is 2.05 bits per heavy atom. The monoisotopic (exact) mass is 268 g/mol. The maximum absolute atomic E-state index is 13.1. The highest BCUT2D eigenvalue weighted by molar-refractivity contribution is 5.94. The number of benzene rings is 1. The minimum Gasteiger partial charge on any atom is -0.332 e. The van der Waals surface area contributed by atoms with Crippen LogP contribution in [0.5, 0.6) is 0 Å². The first-order valence-electron chi connectivity index (χ1n) is 6.48. The molecule has 1 heterocycles. The number of hydrogen-bond donors (Lipinski definition) is 1. The number of halogens is 2. The number of rotatable bonds is 4. The fourth-order valence-corrected chi connectivity index (χ4v) is 2.13. The zero-order valence-electron chi connectivity index (χ0n) is 11.0. The van der Waals surface area contributed by atoms with Crippen LogP contribution in [-0.4, -0.2) is 36.4 Å².